The Kier molecular flexibility index (Phi) is 26.8. The number of rotatable bonds is 24. The third kappa shape index (κ3) is 24.5. The van der Waals surface area contributed by atoms with Crippen molar-refractivity contribution in [1.82, 2.24) is 0 Å². The number of allylic oxidation sites excluding steroid dienone is 2. The highest BCUT2D eigenvalue weighted by Gasteiger charge is 2.09. The quantitative estimate of drug-likeness (QED) is 0.0413. The molecule has 0 spiro atoms. The average molecular weight is 523 g/mol. The molecule has 0 aromatic rings. The first-order valence-electron chi connectivity index (χ1n) is 12.8. The Morgan fingerprint density at radius 3 is 1.62 bits per heavy atom. The molecule has 0 atom stereocenters. The van der Waals surface area contributed by atoms with Gasteiger partial charge in [0.05, 0.1) is 0 Å². The molecule has 0 heterocycles. The Morgan fingerprint density at radius 1 is 0.586 bits per heavy atom. The first-order valence-corrected chi connectivity index (χ1v) is 14.3. The monoisotopic (exact) mass is 522 g/mol. The minimum atomic E-state index is 0.0348. The van der Waals surface area contributed by atoms with Crippen molar-refractivity contribution >= 4 is 22.6 Å². The fourth-order valence-electron chi connectivity index (χ4n) is 3.46. The number of alkyl halides is 1. The molecular formula is C26H51IO2. The van der Waals surface area contributed by atoms with Gasteiger partial charge in [-0.2, -0.15) is 0 Å². The normalized spacial score (nSPS) is 11.9. The van der Waals surface area contributed by atoms with Crippen molar-refractivity contribution in [3.63, 3.8) is 0 Å². The second-order valence-electron chi connectivity index (χ2n) is 8.29. The lowest BCUT2D eigenvalue weighted by Gasteiger charge is -2.19. The minimum Gasteiger partial charge on any atom is -0.353 e. The molecule has 0 aliphatic carbocycles. The van der Waals surface area contributed by atoms with Gasteiger partial charge in [0.1, 0.15) is 0 Å². The fraction of sp³-hybridized carbons (Fsp3) is 0.923. The van der Waals surface area contributed by atoms with E-state index in [9.17, 15) is 0 Å². The average Bonchev–Trinajstić information content (AvgIpc) is 2.73. The van der Waals surface area contributed by atoms with Gasteiger partial charge in [0.15, 0.2) is 6.29 Å². The lowest BCUT2D eigenvalue weighted by Crippen LogP contribution is -2.19. The standard InChI is InChI=1S/C26H51IO2/c1-3-5-7-20-24-28-26(29-25-21-8-6-4-2)22-18-16-14-12-10-9-11-13-15-17-19-23-27/h15,17,26H,3-14,16,18-25H2,1-2H3/b17-15-. The van der Waals surface area contributed by atoms with Gasteiger partial charge in [-0.15, -0.1) is 0 Å². The highest BCUT2D eigenvalue weighted by Crippen LogP contribution is 2.14. The molecule has 0 saturated heterocycles. The van der Waals surface area contributed by atoms with E-state index >= 15 is 0 Å². The maximum Gasteiger partial charge on any atom is 0.157 e. The highest BCUT2D eigenvalue weighted by atomic mass is 127. The lowest BCUT2D eigenvalue weighted by molar-refractivity contribution is -0.148. The molecule has 0 aliphatic rings. The van der Waals surface area contributed by atoms with Crippen LogP contribution in [0.1, 0.15) is 129 Å². The Bertz CT molecular complexity index is 306. The van der Waals surface area contributed by atoms with E-state index in [0.717, 1.165) is 19.6 Å². The molecule has 2 nitrogen and oxygen atoms in total. The van der Waals surface area contributed by atoms with Crippen molar-refractivity contribution in [2.45, 2.75) is 136 Å². The SMILES string of the molecule is CCCCCCOC(CCCCCCCCC/C=C\CCI)OCCCCCC. The smallest absolute Gasteiger partial charge is 0.157 e. The molecule has 0 rings (SSSR count). The van der Waals surface area contributed by atoms with E-state index in [0.29, 0.717) is 0 Å². The minimum absolute atomic E-state index is 0.0348. The summed E-state index contributed by atoms with van der Waals surface area (Å²) in [6.45, 7) is 6.25. The van der Waals surface area contributed by atoms with Crippen LogP contribution in [0.15, 0.2) is 12.2 Å². The van der Waals surface area contributed by atoms with Crippen LogP contribution in [0.3, 0.4) is 0 Å². The number of hydrogen-bond acceptors (Lipinski definition) is 2. The van der Waals surface area contributed by atoms with Gasteiger partial charge in [-0.05, 0) is 44.9 Å². The molecule has 0 saturated carbocycles. The predicted molar refractivity (Wildman–Crippen MR) is 138 cm³/mol. The molecule has 0 unspecified atom stereocenters. The zero-order valence-electron chi connectivity index (χ0n) is 19.8. The molecular weight excluding hydrogens is 471 g/mol. The fourth-order valence-corrected chi connectivity index (χ4v) is 3.82. The van der Waals surface area contributed by atoms with Crippen LogP contribution in [-0.4, -0.2) is 23.9 Å². The number of ether oxygens (including phenoxy) is 2. The van der Waals surface area contributed by atoms with Crippen molar-refractivity contribution in [2.24, 2.45) is 0 Å². The summed E-state index contributed by atoms with van der Waals surface area (Å²) < 4.78 is 13.4. The van der Waals surface area contributed by atoms with Crippen molar-refractivity contribution in [2.75, 3.05) is 17.6 Å². The predicted octanol–water partition coefficient (Wildman–Crippen LogP) is 9.40. The number of hydrogen-bond donors (Lipinski definition) is 0. The lowest BCUT2D eigenvalue weighted by atomic mass is 10.1. The van der Waals surface area contributed by atoms with Crippen LogP contribution in [-0.2, 0) is 9.47 Å². The second-order valence-corrected chi connectivity index (χ2v) is 9.37. The third-order valence-electron chi connectivity index (χ3n) is 5.36. The maximum absolute atomic E-state index is 6.07. The van der Waals surface area contributed by atoms with Crippen LogP contribution in [0.5, 0.6) is 0 Å². The molecule has 0 fully saturated rings. The Labute approximate surface area is 197 Å². The molecule has 29 heavy (non-hydrogen) atoms. The third-order valence-corrected chi connectivity index (χ3v) is 5.98. The largest absolute Gasteiger partial charge is 0.353 e. The number of unbranched alkanes of at least 4 members (excludes halogenated alkanes) is 13. The van der Waals surface area contributed by atoms with Gasteiger partial charge >= 0.3 is 0 Å². The molecule has 0 aromatic heterocycles. The van der Waals surface area contributed by atoms with E-state index in [1.54, 1.807) is 0 Å². The highest BCUT2D eigenvalue weighted by molar-refractivity contribution is 14.1. The van der Waals surface area contributed by atoms with Gasteiger partial charge in [0, 0.05) is 17.6 Å². The Hall–Kier alpha value is 0.390. The summed E-state index contributed by atoms with van der Waals surface area (Å²) in [4.78, 5) is 0. The van der Waals surface area contributed by atoms with Crippen LogP contribution in [0.25, 0.3) is 0 Å². The van der Waals surface area contributed by atoms with Crippen molar-refractivity contribution in [3.05, 3.63) is 12.2 Å². The summed E-state index contributed by atoms with van der Waals surface area (Å²) in [6, 6.07) is 0. The van der Waals surface area contributed by atoms with Crippen molar-refractivity contribution in [1.29, 1.82) is 0 Å². The van der Waals surface area contributed by atoms with E-state index in [1.165, 1.54) is 114 Å². The second kappa shape index (κ2) is 26.4. The molecule has 0 aliphatic heterocycles. The molecule has 0 bridgehead atoms. The van der Waals surface area contributed by atoms with Crippen molar-refractivity contribution < 1.29 is 9.47 Å². The van der Waals surface area contributed by atoms with Gasteiger partial charge < -0.3 is 9.47 Å². The summed E-state index contributed by atoms with van der Waals surface area (Å²) >= 11 is 2.44. The van der Waals surface area contributed by atoms with Gasteiger partial charge in [-0.3, -0.25) is 0 Å². The van der Waals surface area contributed by atoms with E-state index in [1.807, 2.05) is 0 Å². The molecule has 3 heteroatoms. The summed E-state index contributed by atoms with van der Waals surface area (Å²) in [5.41, 5.74) is 0. The number of halogens is 1. The Morgan fingerprint density at radius 2 is 1.07 bits per heavy atom. The first-order chi connectivity index (χ1) is 14.3. The van der Waals surface area contributed by atoms with Gasteiger partial charge in [-0.25, -0.2) is 0 Å². The van der Waals surface area contributed by atoms with E-state index in [4.69, 9.17) is 9.47 Å². The molecule has 0 N–H and O–H groups in total. The van der Waals surface area contributed by atoms with E-state index in [2.05, 4.69) is 48.6 Å². The zero-order valence-corrected chi connectivity index (χ0v) is 21.9. The van der Waals surface area contributed by atoms with E-state index < -0.39 is 0 Å². The van der Waals surface area contributed by atoms with Crippen LogP contribution in [0.2, 0.25) is 0 Å². The zero-order chi connectivity index (χ0) is 21.3. The summed E-state index contributed by atoms with van der Waals surface area (Å²) in [7, 11) is 0. The summed E-state index contributed by atoms with van der Waals surface area (Å²) in [5.74, 6) is 0. The molecule has 0 amide bonds. The Balaban J connectivity index is 3.68. The molecule has 0 radical (unpaired) electrons. The first kappa shape index (κ1) is 29.4. The van der Waals surface area contributed by atoms with Crippen molar-refractivity contribution in [3.8, 4) is 0 Å². The van der Waals surface area contributed by atoms with Gasteiger partial charge in [0.2, 0.25) is 0 Å². The topological polar surface area (TPSA) is 18.5 Å². The molecule has 174 valence electrons. The van der Waals surface area contributed by atoms with E-state index in [-0.39, 0.29) is 6.29 Å². The molecule has 0 aromatic carbocycles. The van der Waals surface area contributed by atoms with Crippen LogP contribution in [0.4, 0.5) is 0 Å². The maximum atomic E-state index is 6.07. The van der Waals surface area contributed by atoms with Crippen LogP contribution < -0.4 is 0 Å². The summed E-state index contributed by atoms with van der Waals surface area (Å²) in [6.07, 6.45) is 27.9. The van der Waals surface area contributed by atoms with Gasteiger partial charge in [-0.1, -0.05) is 119 Å². The summed E-state index contributed by atoms with van der Waals surface area (Å²) in [5, 5.41) is 0. The van der Waals surface area contributed by atoms with Crippen LogP contribution >= 0.6 is 22.6 Å². The van der Waals surface area contributed by atoms with Crippen LogP contribution in [0, 0.1) is 0 Å². The van der Waals surface area contributed by atoms with Gasteiger partial charge in [0.25, 0.3) is 0 Å².